The van der Waals surface area contributed by atoms with E-state index in [1.807, 2.05) is 6.26 Å². The van der Waals surface area contributed by atoms with Crippen LogP contribution in [0.1, 0.15) is 6.42 Å². The Kier molecular flexibility index (Phi) is 6.12. The summed E-state index contributed by atoms with van der Waals surface area (Å²) in [5, 5.41) is 3.46. The minimum Gasteiger partial charge on any atom is -0.322 e. The number of para-hydroxylation sites is 1. The van der Waals surface area contributed by atoms with Crippen LogP contribution in [-0.2, 0) is 4.79 Å². The average molecular weight is 293 g/mol. The van der Waals surface area contributed by atoms with Crippen LogP contribution < -0.4 is 11.1 Å². The fourth-order valence-electron chi connectivity index (χ4n) is 1.21. The van der Waals surface area contributed by atoms with Crippen molar-refractivity contribution >= 4 is 46.6 Å². The lowest BCUT2D eigenvalue weighted by Gasteiger charge is -2.13. The molecule has 0 spiro atoms. The first kappa shape index (κ1) is 14.6. The molecule has 94 valence electrons. The molecule has 17 heavy (non-hydrogen) atoms. The lowest BCUT2D eigenvalue weighted by molar-refractivity contribution is -0.117. The number of hydrogen-bond acceptors (Lipinski definition) is 3. The fourth-order valence-corrected chi connectivity index (χ4v) is 2.19. The molecule has 0 heterocycles. The van der Waals surface area contributed by atoms with Crippen molar-refractivity contribution in [2.75, 3.05) is 17.3 Å². The third-order valence-corrected chi connectivity index (χ3v) is 3.45. The molecule has 3 nitrogen and oxygen atoms in total. The van der Waals surface area contributed by atoms with E-state index in [-0.39, 0.29) is 5.91 Å². The first-order valence-electron chi connectivity index (χ1n) is 5.05. The minimum absolute atomic E-state index is 0.269. The summed E-state index contributed by atoms with van der Waals surface area (Å²) in [6.45, 7) is 0. The molecule has 1 amide bonds. The molecule has 0 unspecified atom stereocenters. The van der Waals surface area contributed by atoms with Crippen molar-refractivity contribution in [3.63, 3.8) is 0 Å². The Balaban J connectivity index is 2.68. The number of rotatable bonds is 5. The maximum absolute atomic E-state index is 11.8. The van der Waals surface area contributed by atoms with Crippen LogP contribution in [0.15, 0.2) is 18.2 Å². The van der Waals surface area contributed by atoms with Crippen LogP contribution in [0.4, 0.5) is 5.69 Å². The van der Waals surface area contributed by atoms with Gasteiger partial charge in [0.25, 0.3) is 0 Å². The monoisotopic (exact) mass is 292 g/mol. The van der Waals surface area contributed by atoms with E-state index in [0.717, 1.165) is 5.75 Å². The Morgan fingerprint density at radius 1 is 1.47 bits per heavy atom. The van der Waals surface area contributed by atoms with Gasteiger partial charge in [-0.2, -0.15) is 11.8 Å². The van der Waals surface area contributed by atoms with Gasteiger partial charge in [-0.25, -0.2) is 0 Å². The van der Waals surface area contributed by atoms with Gasteiger partial charge in [0, 0.05) is 0 Å². The number of carbonyl (C=O) groups excluding carboxylic acids is 1. The van der Waals surface area contributed by atoms with E-state index in [4.69, 9.17) is 28.9 Å². The van der Waals surface area contributed by atoms with Gasteiger partial charge in [-0.3, -0.25) is 4.79 Å². The van der Waals surface area contributed by atoms with Gasteiger partial charge in [-0.05, 0) is 30.6 Å². The van der Waals surface area contributed by atoms with Crippen molar-refractivity contribution in [1.82, 2.24) is 0 Å². The number of hydrogen-bond donors (Lipinski definition) is 2. The van der Waals surface area contributed by atoms with Crippen LogP contribution in [0.3, 0.4) is 0 Å². The summed E-state index contributed by atoms with van der Waals surface area (Å²) in [5.74, 6) is 0.569. The zero-order valence-electron chi connectivity index (χ0n) is 9.37. The van der Waals surface area contributed by atoms with Gasteiger partial charge in [-0.1, -0.05) is 29.3 Å². The molecular weight excluding hydrogens is 279 g/mol. The Morgan fingerprint density at radius 3 is 2.59 bits per heavy atom. The predicted molar refractivity (Wildman–Crippen MR) is 76.1 cm³/mol. The second-order valence-corrected chi connectivity index (χ2v) is 5.27. The van der Waals surface area contributed by atoms with Crippen LogP contribution >= 0.6 is 35.0 Å². The highest BCUT2D eigenvalue weighted by molar-refractivity contribution is 7.98. The number of halogens is 2. The first-order chi connectivity index (χ1) is 8.06. The molecule has 1 aromatic carbocycles. The summed E-state index contributed by atoms with van der Waals surface area (Å²) in [5.41, 5.74) is 6.16. The van der Waals surface area contributed by atoms with Crippen LogP contribution in [0, 0.1) is 0 Å². The molecule has 1 atom stereocenters. The van der Waals surface area contributed by atoms with Crippen LogP contribution in [0.2, 0.25) is 10.0 Å². The maximum atomic E-state index is 11.8. The van der Waals surface area contributed by atoms with E-state index < -0.39 is 6.04 Å². The van der Waals surface area contributed by atoms with Gasteiger partial charge in [0.2, 0.25) is 5.91 Å². The van der Waals surface area contributed by atoms with Crippen LogP contribution in [0.25, 0.3) is 0 Å². The number of thioether (sulfide) groups is 1. The number of nitrogens with two attached hydrogens (primary N) is 1. The van der Waals surface area contributed by atoms with E-state index in [1.54, 1.807) is 30.0 Å². The number of nitrogens with one attached hydrogen (secondary N) is 1. The number of anilines is 1. The highest BCUT2D eigenvalue weighted by atomic mass is 35.5. The van der Waals surface area contributed by atoms with Crippen molar-refractivity contribution in [2.24, 2.45) is 5.73 Å². The van der Waals surface area contributed by atoms with E-state index in [2.05, 4.69) is 5.32 Å². The van der Waals surface area contributed by atoms with Gasteiger partial charge in [-0.15, -0.1) is 0 Å². The molecule has 0 saturated carbocycles. The topological polar surface area (TPSA) is 55.1 Å². The van der Waals surface area contributed by atoms with E-state index in [1.165, 1.54) is 0 Å². The molecule has 0 aliphatic heterocycles. The van der Waals surface area contributed by atoms with Crippen molar-refractivity contribution in [1.29, 1.82) is 0 Å². The standard InChI is InChI=1S/C11H14Cl2N2OS/c1-17-6-5-9(14)11(16)15-10-7(12)3-2-4-8(10)13/h2-4,9H,5-6,14H2,1H3,(H,15,16)/t9-/m1/s1. The lowest BCUT2D eigenvalue weighted by Crippen LogP contribution is -2.36. The van der Waals surface area contributed by atoms with Crippen molar-refractivity contribution < 1.29 is 4.79 Å². The summed E-state index contributed by atoms with van der Waals surface area (Å²) < 4.78 is 0. The quantitative estimate of drug-likeness (QED) is 0.877. The van der Waals surface area contributed by atoms with Crippen LogP contribution in [-0.4, -0.2) is 24.0 Å². The van der Waals surface area contributed by atoms with Crippen molar-refractivity contribution in [2.45, 2.75) is 12.5 Å². The summed E-state index contributed by atoms with van der Waals surface area (Å²) in [4.78, 5) is 11.8. The predicted octanol–water partition coefficient (Wildman–Crippen LogP) is 3.01. The molecule has 0 radical (unpaired) electrons. The normalized spacial score (nSPS) is 12.2. The molecule has 0 aromatic heterocycles. The van der Waals surface area contributed by atoms with E-state index in [0.29, 0.717) is 22.2 Å². The lowest BCUT2D eigenvalue weighted by atomic mass is 10.2. The van der Waals surface area contributed by atoms with Gasteiger partial charge >= 0.3 is 0 Å². The summed E-state index contributed by atoms with van der Waals surface area (Å²) in [6.07, 6.45) is 2.59. The molecule has 1 aromatic rings. The molecule has 6 heteroatoms. The molecule has 1 rings (SSSR count). The summed E-state index contributed by atoms with van der Waals surface area (Å²) in [6, 6.07) is 4.50. The molecular formula is C11H14Cl2N2OS. The summed E-state index contributed by atoms with van der Waals surface area (Å²) in [7, 11) is 0. The third-order valence-electron chi connectivity index (χ3n) is 2.18. The zero-order chi connectivity index (χ0) is 12.8. The van der Waals surface area contributed by atoms with Gasteiger partial charge < -0.3 is 11.1 Å². The second-order valence-electron chi connectivity index (χ2n) is 3.47. The van der Waals surface area contributed by atoms with Crippen LogP contribution in [0.5, 0.6) is 0 Å². The highest BCUT2D eigenvalue weighted by Gasteiger charge is 2.15. The van der Waals surface area contributed by atoms with E-state index >= 15 is 0 Å². The SMILES string of the molecule is CSCC[C@@H](N)C(=O)Nc1c(Cl)cccc1Cl. The molecule has 0 aliphatic carbocycles. The van der Waals surface area contributed by atoms with Gasteiger partial charge in [0.05, 0.1) is 21.8 Å². The van der Waals surface area contributed by atoms with Gasteiger partial charge in [0.15, 0.2) is 0 Å². The maximum Gasteiger partial charge on any atom is 0.241 e. The minimum atomic E-state index is -0.546. The van der Waals surface area contributed by atoms with E-state index in [9.17, 15) is 4.79 Å². The van der Waals surface area contributed by atoms with Crippen molar-refractivity contribution in [3.8, 4) is 0 Å². The number of amides is 1. The molecule has 3 N–H and O–H groups in total. The third kappa shape index (κ3) is 4.39. The smallest absolute Gasteiger partial charge is 0.241 e. The first-order valence-corrected chi connectivity index (χ1v) is 7.20. The zero-order valence-corrected chi connectivity index (χ0v) is 11.7. The fraction of sp³-hybridized carbons (Fsp3) is 0.364. The van der Waals surface area contributed by atoms with Crippen molar-refractivity contribution in [3.05, 3.63) is 28.2 Å². The Morgan fingerprint density at radius 2 is 2.06 bits per heavy atom. The second kappa shape index (κ2) is 7.11. The average Bonchev–Trinajstić information content (AvgIpc) is 2.30. The summed E-state index contributed by atoms with van der Waals surface area (Å²) >= 11 is 13.5. The Hall–Kier alpha value is -0.420. The molecule has 0 aliphatic rings. The largest absolute Gasteiger partial charge is 0.322 e. The molecule has 0 saturated heterocycles. The Bertz CT molecular complexity index is 381. The highest BCUT2D eigenvalue weighted by Crippen LogP contribution is 2.29. The number of benzene rings is 1. The molecule has 0 bridgehead atoms. The molecule has 0 fully saturated rings. The van der Waals surface area contributed by atoms with Gasteiger partial charge in [0.1, 0.15) is 0 Å². The number of carbonyl (C=O) groups is 1. The Labute approximate surface area is 115 Å².